The molecular formula is C12H14N2O4. The first-order valence-corrected chi connectivity index (χ1v) is 5.40. The van der Waals surface area contributed by atoms with Gasteiger partial charge in [-0.15, -0.1) is 0 Å². The van der Waals surface area contributed by atoms with Crippen LogP contribution in [0.5, 0.6) is 0 Å². The van der Waals surface area contributed by atoms with Crippen LogP contribution in [0.2, 0.25) is 0 Å². The molecule has 0 radical (unpaired) electrons. The zero-order valence-corrected chi connectivity index (χ0v) is 10.1. The van der Waals surface area contributed by atoms with Gasteiger partial charge in [0, 0.05) is 14.2 Å². The van der Waals surface area contributed by atoms with Crippen molar-refractivity contribution >= 4 is 11.9 Å². The summed E-state index contributed by atoms with van der Waals surface area (Å²) < 4.78 is 10.3. The van der Waals surface area contributed by atoms with Crippen LogP contribution in [0.25, 0.3) is 0 Å². The Bertz CT molecular complexity index is 458. The third-order valence-corrected chi connectivity index (χ3v) is 2.91. The molecule has 0 bridgehead atoms. The van der Waals surface area contributed by atoms with E-state index in [0.29, 0.717) is 5.56 Å². The molecule has 0 saturated carbocycles. The van der Waals surface area contributed by atoms with Crippen molar-refractivity contribution in [3.8, 4) is 0 Å². The highest BCUT2D eigenvalue weighted by Gasteiger charge is 2.54. The first-order valence-electron chi connectivity index (χ1n) is 5.40. The van der Waals surface area contributed by atoms with E-state index in [4.69, 9.17) is 9.47 Å². The highest BCUT2D eigenvalue weighted by atomic mass is 16.7. The second kappa shape index (κ2) is 4.75. The van der Waals surface area contributed by atoms with Gasteiger partial charge in [0.1, 0.15) is 0 Å². The van der Waals surface area contributed by atoms with Crippen molar-refractivity contribution < 1.29 is 19.1 Å². The third kappa shape index (κ3) is 1.75. The molecule has 0 aliphatic carbocycles. The quantitative estimate of drug-likeness (QED) is 0.597. The first kappa shape index (κ1) is 12.5. The third-order valence-electron chi connectivity index (χ3n) is 2.91. The molecule has 1 aliphatic rings. The SMILES string of the molecule is COC(OC)C1(c2ccccc2)NC(=O)NC1=O. The molecule has 1 aromatic carbocycles. The summed E-state index contributed by atoms with van der Waals surface area (Å²) in [7, 11) is 2.83. The number of carbonyl (C=O) groups excluding carboxylic acids is 2. The summed E-state index contributed by atoms with van der Waals surface area (Å²) in [6.45, 7) is 0. The van der Waals surface area contributed by atoms with Gasteiger partial charge >= 0.3 is 6.03 Å². The molecule has 1 saturated heterocycles. The lowest BCUT2D eigenvalue weighted by Crippen LogP contribution is -2.54. The summed E-state index contributed by atoms with van der Waals surface area (Å²) in [5.41, 5.74) is -0.760. The number of methoxy groups -OCH3 is 2. The summed E-state index contributed by atoms with van der Waals surface area (Å²) >= 11 is 0. The molecule has 1 atom stereocenters. The van der Waals surface area contributed by atoms with Crippen LogP contribution in [0.1, 0.15) is 5.56 Å². The van der Waals surface area contributed by atoms with Crippen molar-refractivity contribution in [2.45, 2.75) is 11.8 Å². The number of rotatable bonds is 4. The van der Waals surface area contributed by atoms with E-state index < -0.39 is 23.8 Å². The van der Waals surface area contributed by atoms with E-state index in [1.165, 1.54) is 14.2 Å². The van der Waals surface area contributed by atoms with E-state index in [9.17, 15) is 9.59 Å². The van der Waals surface area contributed by atoms with Crippen molar-refractivity contribution in [2.75, 3.05) is 14.2 Å². The summed E-state index contributed by atoms with van der Waals surface area (Å²) in [4.78, 5) is 23.5. The van der Waals surface area contributed by atoms with Gasteiger partial charge in [0.25, 0.3) is 5.91 Å². The minimum absolute atomic E-state index is 0.493. The fraction of sp³-hybridized carbons (Fsp3) is 0.333. The van der Waals surface area contributed by atoms with Crippen LogP contribution >= 0.6 is 0 Å². The molecule has 6 heteroatoms. The maximum atomic E-state index is 12.1. The molecule has 1 aliphatic heterocycles. The second-order valence-electron chi connectivity index (χ2n) is 3.89. The molecule has 1 unspecified atom stereocenters. The minimum Gasteiger partial charge on any atom is -0.353 e. The number of benzene rings is 1. The van der Waals surface area contributed by atoms with Crippen LogP contribution in [0.15, 0.2) is 30.3 Å². The molecule has 18 heavy (non-hydrogen) atoms. The molecule has 1 fully saturated rings. The molecule has 96 valence electrons. The topological polar surface area (TPSA) is 76.7 Å². The number of nitrogens with one attached hydrogen (secondary N) is 2. The van der Waals surface area contributed by atoms with E-state index in [-0.39, 0.29) is 0 Å². The van der Waals surface area contributed by atoms with Crippen LogP contribution in [-0.4, -0.2) is 32.4 Å². The minimum atomic E-state index is -1.36. The fourth-order valence-corrected chi connectivity index (χ4v) is 2.12. The van der Waals surface area contributed by atoms with Gasteiger partial charge in [-0.3, -0.25) is 10.1 Å². The number of hydrogen-bond acceptors (Lipinski definition) is 4. The fourth-order valence-electron chi connectivity index (χ4n) is 2.12. The lowest BCUT2D eigenvalue weighted by molar-refractivity contribution is -0.166. The number of urea groups is 1. The Hall–Kier alpha value is -1.92. The number of imide groups is 1. The molecule has 0 spiro atoms. The van der Waals surface area contributed by atoms with Crippen molar-refractivity contribution in [2.24, 2.45) is 0 Å². The highest BCUT2D eigenvalue weighted by molar-refractivity contribution is 6.07. The van der Waals surface area contributed by atoms with Crippen LogP contribution in [-0.2, 0) is 19.8 Å². The van der Waals surface area contributed by atoms with Gasteiger partial charge in [-0.2, -0.15) is 0 Å². The van der Waals surface area contributed by atoms with Crippen LogP contribution in [0.3, 0.4) is 0 Å². The Morgan fingerprint density at radius 1 is 1.11 bits per heavy atom. The van der Waals surface area contributed by atoms with Crippen molar-refractivity contribution in [1.29, 1.82) is 0 Å². The van der Waals surface area contributed by atoms with E-state index in [0.717, 1.165) is 0 Å². The van der Waals surface area contributed by atoms with Gasteiger partial charge in [-0.05, 0) is 5.56 Å². The Morgan fingerprint density at radius 3 is 2.17 bits per heavy atom. The first-order chi connectivity index (χ1) is 8.65. The Kier molecular flexibility index (Phi) is 3.31. The van der Waals surface area contributed by atoms with Crippen molar-refractivity contribution in [1.82, 2.24) is 10.6 Å². The Labute approximate surface area is 104 Å². The van der Waals surface area contributed by atoms with Gasteiger partial charge in [0.15, 0.2) is 11.8 Å². The monoisotopic (exact) mass is 250 g/mol. The average molecular weight is 250 g/mol. The number of ether oxygens (including phenoxy) is 2. The molecule has 3 amide bonds. The van der Waals surface area contributed by atoms with Gasteiger partial charge in [0.2, 0.25) is 0 Å². The molecule has 6 nitrogen and oxygen atoms in total. The summed E-state index contributed by atoms with van der Waals surface area (Å²) in [6.07, 6.45) is -0.911. The Morgan fingerprint density at radius 2 is 1.72 bits per heavy atom. The lowest BCUT2D eigenvalue weighted by atomic mass is 9.89. The normalized spacial score (nSPS) is 23.1. The Balaban J connectivity index is 2.54. The lowest BCUT2D eigenvalue weighted by Gasteiger charge is -2.32. The maximum Gasteiger partial charge on any atom is 0.322 e. The summed E-state index contributed by atoms with van der Waals surface area (Å²) in [5, 5.41) is 4.79. The van der Waals surface area contributed by atoms with Crippen molar-refractivity contribution in [3.05, 3.63) is 35.9 Å². The predicted octanol–water partition coefficient (Wildman–Crippen LogP) is 0.340. The van der Waals surface area contributed by atoms with Gasteiger partial charge in [-0.1, -0.05) is 30.3 Å². The van der Waals surface area contributed by atoms with Gasteiger partial charge in [0.05, 0.1) is 0 Å². The zero-order chi connectivity index (χ0) is 13.2. The molecule has 1 heterocycles. The average Bonchev–Trinajstić information content (AvgIpc) is 2.68. The predicted molar refractivity (Wildman–Crippen MR) is 62.6 cm³/mol. The smallest absolute Gasteiger partial charge is 0.322 e. The molecule has 1 aromatic rings. The molecule has 2 rings (SSSR count). The largest absolute Gasteiger partial charge is 0.353 e. The van der Waals surface area contributed by atoms with Crippen LogP contribution in [0, 0.1) is 0 Å². The van der Waals surface area contributed by atoms with Gasteiger partial charge in [-0.25, -0.2) is 4.79 Å². The second-order valence-corrected chi connectivity index (χ2v) is 3.89. The van der Waals surface area contributed by atoms with E-state index >= 15 is 0 Å². The van der Waals surface area contributed by atoms with E-state index in [2.05, 4.69) is 10.6 Å². The highest BCUT2D eigenvalue weighted by Crippen LogP contribution is 2.30. The molecule has 0 aromatic heterocycles. The van der Waals surface area contributed by atoms with Gasteiger partial charge < -0.3 is 14.8 Å². The number of amides is 3. The van der Waals surface area contributed by atoms with E-state index in [1.807, 2.05) is 6.07 Å². The maximum absolute atomic E-state index is 12.1. The van der Waals surface area contributed by atoms with Crippen LogP contribution < -0.4 is 10.6 Å². The molecule has 2 N–H and O–H groups in total. The standard InChI is InChI=1S/C12H14N2O4/c1-17-10(18-2)12(8-6-4-3-5-7-8)9(15)13-11(16)14-12/h3-7,10H,1-2H3,(H2,13,14,15,16). The summed E-state index contributed by atoms with van der Waals surface area (Å²) in [5.74, 6) is -0.493. The van der Waals surface area contributed by atoms with E-state index in [1.54, 1.807) is 24.3 Å². The summed E-state index contributed by atoms with van der Waals surface area (Å²) in [6, 6.07) is 8.27. The van der Waals surface area contributed by atoms with Crippen molar-refractivity contribution in [3.63, 3.8) is 0 Å². The van der Waals surface area contributed by atoms with Crippen LogP contribution in [0.4, 0.5) is 4.79 Å². The number of carbonyl (C=O) groups is 2. The number of hydrogen-bond donors (Lipinski definition) is 2. The zero-order valence-electron chi connectivity index (χ0n) is 10.1. The molecular weight excluding hydrogens is 236 g/mol.